The van der Waals surface area contributed by atoms with Crippen LogP contribution < -0.4 is 0 Å². The molecule has 0 bridgehead atoms. The van der Waals surface area contributed by atoms with Crippen LogP contribution >= 0.6 is 0 Å². The van der Waals surface area contributed by atoms with Crippen molar-refractivity contribution in [3.8, 4) is 22.5 Å². The molecule has 3 aromatic rings. The molecule has 2 nitrogen and oxygen atoms in total. The minimum Gasteiger partial charge on any atom is -0.236 e. The van der Waals surface area contributed by atoms with E-state index in [9.17, 15) is 13.2 Å². The fourth-order valence-corrected chi connectivity index (χ4v) is 2.11. The van der Waals surface area contributed by atoms with Gasteiger partial charge < -0.3 is 0 Å². The average molecular weight is 300 g/mol. The Morgan fingerprint density at radius 1 is 0.818 bits per heavy atom. The molecule has 0 saturated heterocycles. The molecule has 0 aliphatic carbocycles. The van der Waals surface area contributed by atoms with Gasteiger partial charge in [-0.2, -0.15) is 0 Å². The molecule has 0 spiro atoms. The van der Waals surface area contributed by atoms with Crippen molar-refractivity contribution in [3.63, 3.8) is 0 Å². The van der Waals surface area contributed by atoms with Crippen LogP contribution in [0.5, 0.6) is 0 Å². The predicted octanol–water partition coefficient (Wildman–Crippen LogP) is 4.54. The molecule has 0 saturated carbocycles. The molecule has 0 amide bonds. The van der Waals surface area contributed by atoms with Gasteiger partial charge in [-0.05, 0) is 24.6 Å². The molecule has 0 aliphatic rings. The van der Waals surface area contributed by atoms with Crippen molar-refractivity contribution in [2.45, 2.75) is 6.92 Å². The summed E-state index contributed by atoms with van der Waals surface area (Å²) in [6.45, 7) is 1.49. The Hall–Kier alpha value is -2.69. The number of hydrogen-bond acceptors (Lipinski definition) is 2. The molecule has 0 N–H and O–H groups in total. The second-order valence-corrected chi connectivity index (χ2v) is 4.86. The van der Waals surface area contributed by atoms with E-state index in [-0.39, 0.29) is 11.1 Å². The number of nitrogens with zero attached hydrogens (tertiary/aromatic N) is 2. The zero-order valence-corrected chi connectivity index (χ0v) is 11.6. The second-order valence-electron chi connectivity index (χ2n) is 4.86. The summed E-state index contributed by atoms with van der Waals surface area (Å²) in [5.74, 6) is -1.89. The van der Waals surface area contributed by atoms with Gasteiger partial charge in [-0.15, -0.1) is 0 Å². The molecule has 22 heavy (non-hydrogen) atoms. The van der Waals surface area contributed by atoms with Crippen LogP contribution in [0.2, 0.25) is 0 Å². The van der Waals surface area contributed by atoms with Crippen molar-refractivity contribution in [2.75, 3.05) is 0 Å². The average Bonchev–Trinajstić information content (AvgIpc) is 2.53. The lowest BCUT2D eigenvalue weighted by Gasteiger charge is -2.06. The van der Waals surface area contributed by atoms with Crippen LogP contribution in [0.1, 0.15) is 5.56 Å². The van der Waals surface area contributed by atoms with Gasteiger partial charge in [-0.3, -0.25) is 0 Å². The van der Waals surface area contributed by atoms with Gasteiger partial charge in [-0.25, -0.2) is 23.1 Å². The summed E-state index contributed by atoms with van der Waals surface area (Å²) in [4.78, 5) is 8.19. The van der Waals surface area contributed by atoms with Crippen molar-refractivity contribution in [3.05, 3.63) is 71.8 Å². The first-order valence-electron chi connectivity index (χ1n) is 6.59. The standard InChI is InChI=1S/C17H11F3N2/c1-10-5-6-14(16(20)15(10)19)12-8-21-17(22-9-12)11-3-2-4-13(18)7-11/h2-9H,1H3. The monoisotopic (exact) mass is 300 g/mol. The van der Waals surface area contributed by atoms with E-state index < -0.39 is 17.5 Å². The maximum Gasteiger partial charge on any atom is 0.167 e. The van der Waals surface area contributed by atoms with Crippen LogP contribution in [0.4, 0.5) is 13.2 Å². The van der Waals surface area contributed by atoms with Crippen molar-refractivity contribution in [1.29, 1.82) is 0 Å². The highest BCUT2D eigenvalue weighted by Gasteiger charge is 2.13. The molecule has 0 aliphatic heterocycles. The van der Waals surface area contributed by atoms with E-state index >= 15 is 0 Å². The van der Waals surface area contributed by atoms with Gasteiger partial charge in [0, 0.05) is 29.1 Å². The Labute approximate surface area is 125 Å². The Kier molecular flexibility index (Phi) is 3.63. The first-order chi connectivity index (χ1) is 10.6. The highest BCUT2D eigenvalue weighted by Crippen LogP contribution is 2.26. The summed E-state index contributed by atoms with van der Waals surface area (Å²) < 4.78 is 40.7. The molecular weight excluding hydrogens is 289 g/mol. The maximum atomic E-state index is 13.9. The third kappa shape index (κ3) is 2.57. The number of benzene rings is 2. The van der Waals surface area contributed by atoms with E-state index in [1.54, 1.807) is 12.1 Å². The van der Waals surface area contributed by atoms with Gasteiger partial charge in [-0.1, -0.05) is 24.3 Å². The third-order valence-corrected chi connectivity index (χ3v) is 3.32. The highest BCUT2D eigenvalue weighted by molar-refractivity contribution is 5.64. The van der Waals surface area contributed by atoms with Crippen molar-refractivity contribution in [2.24, 2.45) is 0 Å². The SMILES string of the molecule is Cc1ccc(-c2cnc(-c3cccc(F)c3)nc2)c(F)c1F. The van der Waals surface area contributed by atoms with Crippen LogP contribution in [0.3, 0.4) is 0 Å². The topological polar surface area (TPSA) is 25.8 Å². The van der Waals surface area contributed by atoms with E-state index in [1.807, 2.05) is 0 Å². The summed E-state index contributed by atoms with van der Waals surface area (Å²) in [6, 6.07) is 8.83. The lowest BCUT2D eigenvalue weighted by Crippen LogP contribution is -1.95. The number of aromatic nitrogens is 2. The molecule has 2 aromatic carbocycles. The van der Waals surface area contributed by atoms with Crippen molar-refractivity contribution < 1.29 is 13.2 Å². The fourth-order valence-electron chi connectivity index (χ4n) is 2.11. The normalized spacial score (nSPS) is 10.7. The van der Waals surface area contributed by atoms with Gasteiger partial charge in [0.15, 0.2) is 17.5 Å². The van der Waals surface area contributed by atoms with Crippen molar-refractivity contribution in [1.82, 2.24) is 9.97 Å². The van der Waals surface area contributed by atoms with Crippen molar-refractivity contribution >= 4 is 0 Å². The third-order valence-electron chi connectivity index (χ3n) is 3.32. The summed E-state index contributed by atoms with van der Waals surface area (Å²) in [5.41, 5.74) is 1.20. The van der Waals surface area contributed by atoms with E-state index in [2.05, 4.69) is 9.97 Å². The van der Waals surface area contributed by atoms with E-state index in [0.717, 1.165) is 0 Å². The fraction of sp³-hybridized carbons (Fsp3) is 0.0588. The molecule has 3 rings (SSSR count). The van der Waals surface area contributed by atoms with E-state index in [1.165, 1.54) is 43.6 Å². The molecular formula is C17H11F3N2. The summed E-state index contributed by atoms with van der Waals surface area (Å²) >= 11 is 0. The van der Waals surface area contributed by atoms with E-state index in [0.29, 0.717) is 17.0 Å². The quantitative estimate of drug-likeness (QED) is 0.694. The van der Waals surface area contributed by atoms with Crippen LogP contribution in [-0.2, 0) is 0 Å². The van der Waals surface area contributed by atoms with Gasteiger partial charge >= 0.3 is 0 Å². The van der Waals surface area contributed by atoms with Crippen LogP contribution in [0.15, 0.2) is 48.8 Å². The van der Waals surface area contributed by atoms with Crippen LogP contribution in [-0.4, -0.2) is 9.97 Å². The number of hydrogen-bond donors (Lipinski definition) is 0. The summed E-state index contributed by atoms with van der Waals surface area (Å²) in [5, 5.41) is 0. The molecule has 1 heterocycles. The molecule has 0 unspecified atom stereocenters. The predicted molar refractivity (Wildman–Crippen MR) is 77.5 cm³/mol. The molecule has 0 atom stereocenters. The minimum absolute atomic E-state index is 0.0916. The lowest BCUT2D eigenvalue weighted by molar-refractivity contribution is 0.505. The Morgan fingerprint density at radius 3 is 2.23 bits per heavy atom. The molecule has 0 fully saturated rings. The highest BCUT2D eigenvalue weighted by atomic mass is 19.2. The van der Waals surface area contributed by atoms with Gasteiger partial charge in [0.05, 0.1) is 0 Å². The first kappa shape index (κ1) is 14.3. The zero-order chi connectivity index (χ0) is 15.7. The molecule has 1 aromatic heterocycles. The van der Waals surface area contributed by atoms with Gasteiger partial charge in [0.25, 0.3) is 0 Å². The second kappa shape index (κ2) is 5.60. The molecule has 0 radical (unpaired) electrons. The van der Waals surface area contributed by atoms with Crippen LogP contribution in [0, 0.1) is 24.4 Å². The number of rotatable bonds is 2. The number of halogens is 3. The molecule has 110 valence electrons. The van der Waals surface area contributed by atoms with E-state index in [4.69, 9.17) is 0 Å². The largest absolute Gasteiger partial charge is 0.236 e. The molecule has 5 heteroatoms. The lowest BCUT2D eigenvalue weighted by atomic mass is 10.1. The van der Waals surface area contributed by atoms with Crippen LogP contribution in [0.25, 0.3) is 22.5 Å². The van der Waals surface area contributed by atoms with Gasteiger partial charge in [0.2, 0.25) is 0 Å². The van der Waals surface area contributed by atoms with Gasteiger partial charge in [0.1, 0.15) is 5.82 Å². The Morgan fingerprint density at radius 2 is 1.55 bits per heavy atom. The Balaban J connectivity index is 2.00. The minimum atomic E-state index is -0.929. The maximum absolute atomic E-state index is 13.9. The zero-order valence-electron chi connectivity index (χ0n) is 11.6. The summed E-state index contributed by atoms with van der Waals surface area (Å²) in [6.07, 6.45) is 2.78. The number of aryl methyl sites for hydroxylation is 1. The Bertz CT molecular complexity index is 830. The smallest absolute Gasteiger partial charge is 0.167 e. The summed E-state index contributed by atoms with van der Waals surface area (Å²) in [7, 11) is 0. The first-order valence-corrected chi connectivity index (χ1v) is 6.59.